The van der Waals surface area contributed by atoms with E-state index >= 15 is 0 Å². The van der Waals surface area contributed by atoms with E-state index in [1.807, 2.05) is 0 Å². The van der Waals surface area contributed by atoms with E-state index < -0.39 is 17.2 Å². The van der Waals surface area contributed by atoms with Crippen LogP contribution >= 0.6 is 0 Å². The average Bonchev–Trinajstić information content (AvgIpc) is 2.25. The summed E-state index contributed by atoms with van der Waals surface area (Å²) < 4.78 is 5.98. The fraction of sp³-hybridized carbons (Fsp3) is 0.300. The van der Waals surface area contributed by atoms with Gasteiger partial charge in [0, 0.05) is 17.8 Å². The zero-order valence-electron chi connectivity index (χ0n) is 8.86. The molecule has 0 saturated carbocycles. The van der Waals surface area contributed by atoms with E-state index in [1.54, 1.807) is 6.92 Å². The smallest absolute Gasteiger partial charge is 0.330 e. The third-order valence-corrected chi connectivity index (χ3v) is 1.93. The van der Waals surface area contributed by atoms with Crippen molar-refractivity contribution in [3.8, 4) is 0 Å². The van der Waals surface area contributed by atoms with Crippen LogP contribution in [0.25, 0.3) is 0 Å². The van der Waals surface area contributed by atoms with Crippen LogP contribution in [0.3, 0.4) is 0 Å². The summed E-state index contributed by atoms with van der Waals surface area (Å²) in [6, 6.07) is 0. The molecule has 0 fully saturated rings. The van der Waals surface area contributed by atoms with Crippen LogP contribution in [0, 0.1) is 6.92 Å². The Bertz CT molecular complexity index is 512. The molecule has 0 aromatic carbocycles. The van der Waals surface area contributed by atoms with Gasteiger partial charge in [0.15, 0.2) is 0 Å². The van der Waals surface area contributed by atoms with E-state index in [4.69, 9.17) is 4.74 Å². The Labute approximate surface area is 91.2 Å². The molecule has 0 aliphatic carbocycles. The molecule has 0 atom stereocenters. The van der Waals surface area contributed by atoms with Gasteiger partial charge >= 0.3 is 11.7 Å². The third kappa shape index (κ3) is 2.94. The minimum absolute atomic E-state index is 0.0518. The van der Waals surface area contributed by atoms with Crippen LogP contribution in [0.5, 0.6) is 0 Å². The maximum Gasteiger partial charge on any atom is 0.330 e. The van der Waals surface area contributed by atoms with E-state index in [0.29, 0.717) is 5.56 Å². The fourth-order valence-electron chi connectivity index (χ4n) is 1.09. The predicted molar refractivity (Wildman–Crippen MR) is 57.2 cm³/mol. The number of esters is 1. The molecule has 1 heterocycles. The van der Waals surface area contributed by atoms with Crippen molar-refractivity contribution in [2.45, 2.75) is 13.5 Å². The number of aromatic amines is 1. The standard InChI is InChI=1S/C10H12N2O4/c1-3-8(13)16-5-4-12-6-7(2)9(14)11-10(12)15/h3,6H,1,4-5H2,2H3,(H,11,14,15). The zero-order chi connectivity index (χ0) is 12.1. The number of ether oxygens (including phenoxy) is 1. The highest BCUT2D eigenvalue weighted by atomic mass is 16.5. The fourth-order valence-corrected chi connectivity index (χ4v) is 1.09. The lowest BCUT2D eigenvalue weighted by Gasteiger charge is -2.05. The lowest BCUT2D eigenvalue weighted by atomic mass is 10.4. The highest BCUT2D eigenvalue weighted by molar-refractivity contribution is 5.81. The van der Waals surface area contributed by atoms with Crippen molar-refractivity contribution in [3.05, 3.63) is 45.3 Å². The lowest BCUT2D eigenvalue weighted by Crippen LogP contribution is -2.32. The molecule has 0 bridgehead atoms. The first kappa shape index (κ1) is 12.0. The maximum absolute atomic E-state index is 11.3. The summed E-state index contributed by atoms with van der Waals surface area (Å²) in [7, 11) is 0. The van der Waals surface area contributed by atoms with Gasteiger partial charge in [-0.3, -0.25) is 14.3 Å². The second-order valence-electron chi connectivity index (χ2n) is 3.14. The summed E-state index contributed by atoms with van der Waals surface area (Å²) in [4.78, 5) is 35.2. The van der Waals surface area contributed by atoms with Gasteiger partial charge in [0.05, 0.1) is 6.54 Å². The first-order chi connectivity index (χ1) is 7.54. The van der Waals surface area contributed by atoms with Crippen LogP contribution in [0.2, 0.25) is 0 Å². The van der Waals surface area contributed by atoms with E-state index in [9.17, 15) is 14.4 Å². The molecule has 16 heavy (non-hydrogen) atoms. The summed E-state index contributed by atoms with van der Waals surface area (Å²) in [5.41, 5.74) is -0.510. The number of aromatic nitrogens is 2. The topological polar surface area (TPSA) is 81.2 Å². The number of H-pyrrole nitrogens is 1. The van der Waals surface area contributed by atoms with E-state index in [2.05, 4.69) is 11.6 Å². The molecule has 86 valence electrons. The van der Waals surface area contributed by atoms with Crippen molar-refractivity contribution in [1.82, 2.24) is 9.55 Å². The molecule has 0 saturated heterocycles. The number of hydrogen-bond acceptors (Lipinski definition) is 4. The van der Waals surface area contributed by atoms with E-state index in [0.717, 1.165) is 6.08 Å². The van der Waals surface area contributed by atoms with Crippen molar-refractivity contribution in [1.29, 1.82) is 0 Å². The van der Waals surface area contributed by atoms with Gasteiger partial charge in [0.1, 0.15) is 6.61 Å². The maximum atomic E-state index is 11.3. The van der Waals surface area contributed by atoms with Gasteiger partial charge in [-0.1, -0.05) is 6.58 Å². The van der Waals surface area contributed by atoms with Gasteiger partial charge in [0.25, 0.3) is 5.56 Å². The van der Waals surface area contributed by atoms with Gasteiger partial charge in [-0.05, 0) is 6.92 Å². The number of hydrogen-bond donors (Lipinski definition) is 1. The first-order valence-corrected chi connectivity index (χ1v) is 4.64. The molecule has 6 nitrogen and oxygen atoms in total. The van der Waals surface area contributed by atoms with Crippen molar-refractivity contribution in [3.63, 3.8) is 0 Å². The summed E-state index contributed by atoms with van der Waals surface area (Å²) in [6.07, 6.45) is 2.46. The largest absolute Gasteiger partial charge is 0.461 e. The van der Waals surface area contributed by atoms with Gasteiger partial charge in [-0.15, -0.1) is 0 Å². The second kappa shape index (κ2) is 5.11. The van der Waals surface area contributed by atoms with E-state index in [-0.39, 0.29) is 13.2 Å². The Hall–Kier alpha value is -2.11. The first-order valence-electron chi connectivity index (χ1n) is 4.64. The minimum atomic E-state index is -0.547. The number of carbonyl (C=O) groups is 1. The third-order valence-electron chi connectivity index (χ3n) is 1.93. The van der Waals surface area contributed by atoms with Crippen molar-refractivity contribution >= 4 is 5.97 Å². The van der Waals surface area contributed by atoms with Crippen LogP contribution in [-0.4, -0.2) is 22.1 Å². The number of aryl methyl sites for hydroxylation is 1. The van der Waals surface area contributed by atoms with Gasteiger partial charge in [0.2, 0.25) is 0 Å². The van der Waals surface area contributed by atoms with Crippen LogP contribution in [0.15, 0.2) is 28.4 Å². The molecule has 0 aliphatic rings. The monoisotopic (exact) mass is 224 g/mol. The van der Waals surface area contributed by atoms with Gasteiger partial charge in [-0.2, -0.15) is 0 Å². The molecular formula is C10H12N2O4. The van der Waals surface area contributed by atoms with Gasteiger partial charge in [-0.25, -0.2) is 9.59 Å². The molecule has 0 spiro atoms. The van der Waals surface area contributed by atoms with Crippen LogP contribution < -0.4 is 11.2 Å². The highest BCUT2D eigenvalue weighted by Gasteiger charge is 2.01. The Morgan fingerprint density at radius 1 is 1.62 bits per heavy atom. The Kier molecular flexibility index (Phi) is 3.82. The molecule has 0 unspecified atom stereocenters. The molecule has 0 amide bonds. The minimum Gasteiger partial charge on any atom is -0.461 e. The lowest BCUT2D eigenvalue weighted by molar-refractivity contribution is -0.138. The van der Waals surface area contributed by atoms with Crippen LogP contribution in [-0.2, 0) is 16.1 Å². The normalized spacial score (nSPS) is 9.81. The molecule has 1 rings (SSSR count). The zero-order valence-corrected chi connectivity index (χ0v) is 8.86. The summed E-state index contributed by atoms with van der Waals surface area (Å²) in [6.45, 7) is 5.07. The molecule has 1 aromatic rings. The number of nitrogens with one attached hydrogen (secondary N) is 1. The molecule has 0 aliphatic heterocycles. The number of nitrogens with zero attached hydrogens (tertiary/aromatic N) is 1. The van der Waals surface area contributed by atoms with Crippen molar-refractivity contribution in [2.75, 3.05) is 6.61 Å². The van der Waals surface area contributed by atoms with Crippen LogP contribution in [0.4, 0.5) is 0 Å². The van der Waals surface area contributed by atoms with Crippen molar-refractivity contribution in [2.24, 2.45) is 0 Å². The average molecular weight is 224 g/mol. The highest BCUT2D eigenvalue weighted by Crippen LogP contribution is 1.86. The summed E-state index contributed by atoms with van der Waals surface area (Å²) in [5, 5.41) is 0. The van der Waals surface area contributed by atoms with Crippen LogP contribution in [0.1, 0.15) is 5.56 Å². The molecule has 0 radical (unpaired) electrons. The molecular weight excluding hydrogens is 212 g/mol. The molecule has 6 heteroatoms. The van der Waals surface area contributed by atoms with Gasteiger partial charge < -0.3 is 4.74 Å². The molecule has 1 aromatic heterocycles. The van der Waals surface area contributed by atoms with Crippen molar-refractivity contribution < 1.29 is 9.53 Å². The van der Waals surface area contributed by atoms with E-state index in [1.165, 1.54) is 10.8 Å². The quantitative estimate of drug-likeness (QED) is 0.556. The second-order valence-corrected chi connectivity index (χ2v) is 3.14. The summed E-state index contributed by atoms with van der Waals surface area (Å²) in [5.74, 6) is -0.547. The number of rotatable bonds is 4. The molecule has 1 N–H and O–H groups in total. The SMILES string of the molecule is C=CC(=O)OCCn1cc(C)c(=O)[nH]c1=O. The number of carbonyl (C=O) groups excluding carboxylic acids is 1. The Morgan fingerprint density at radius 3 is 2.94 bits per heavy atom. The predicted octanol–water partition coefficient (Wildman–Crippen LogP) is -0.426. The summed E-state index contributed by atoms with van der Waals surface area (Å²) >= 11 is 0. The Morgan fingerprint density at radius 2 is 2.31 bits per heavy atom. The Balaban J connectivity index is 2.71.